The highest BCUT2D eigenvalue weighted by atomic mass is 19.1. The Kier molecular flexibility index (Phi) is 6.66. The molecule has 30 heavy (non-hydrogen) atoms. The number of hydrogen-bond donors (Lipinski definition) is 1. The van der Waals surface area contributed by atoms with Crippen molar-refractivity contribution in [3.8, 4) is 5.75 Å². The molecule has 0 aliphatic carbocycles. The van der Waals surface area contributed by atoms with Crippen molar-refractivity contribution < 1.29 is 23.5 Å². The first-order valence-electron chi connectivity index (χ1n) is 9.72. The fourth-order valence-electron chi connectivity index (χ4n) is 3.40. The van der Waals surface area contributed by atoms with Gasteiger partial charge in [-0.1, -0.05) is 19.1 Å². The van der Waals surface area contributed by atoms with Crippen molar-refractivity contribution in [1.29, 1.82) is 0 Å². The zero-order chi connectivity index (χ0) is 21.7. The highest BCUT2D eigenvalue weighted by Gasteiger charge is 2.38. The Hall–Kier alpha value is -3.42. The predicted octanol–water partition coefficient (Wildman–Crippen LogP) is 2.42. The largest absolute Gasteiger partial charge is 0.497 e. The van der Waals surface area contributed by atoms with E-state index >= 15 is 0 Å². The van der Waals surface area contributed by atoms with Crippen molar-refractivity contribution >= 4 is 23.4 Å². The molecule has 3 rings (SSSR count). The number of methoxy groups -OCH3 is 1. The predicted molar refractivity (Wildman–Crippen MR) is 109 cm³/mol. The molecule has 1 aliphatic heterocycles. The van der Waals surface area contributed by atoms with E-state index in [1.807, 2.05) is 0 Å². The summed E-state index contributed by atoms with van der Waals surface area (Å²) < 4.78 is 18.2. The molecular weight excluding hydrogens is 389 g/mol. The third kappa shape index (κ3) is 4.76. The number of piperazine rings is 1. The molecule has 2 aromatic carbocycles. The second kappa shape index (κ2) is 9.39. The number of hydrogen-bond acceptors (Lipinski definition) is 4. The Bertz CT molecular complexity index is 915. The number of nitrogens with zero attached hydrogens (tertiary/aromatic N) is 2. The standard InChI is InChI=1S/C22H24FN3O4/c1-3-19(20(27)24-17-8-10-18(30-2)11-9-17)26-13-12-25(21(28)22(26)29)14-15-4-6-16(23)7-5-15/h4-11,19H,3,12-14H2,1-2H3,(H,24,27)/t19-/m1/s1. The fourth-order valence-corrected chi connectivity index (χ4v) is 3.40. The van der Waals surface area contributed by atoms with Crippen LogP contribution in [0.4, 0.5) is 10.1 Å². The van der Waals surface area contributed by atoms with Gasteiger partial charge in [-0.25, -0.2) is 4.39 Å². The third-order valence-electron chi connectivity index (χ3n) is 5.05. The number of halogens is 1. The highest BCUT2D eigenvalue weighted by molar-refractivity contribution is 6.35. The van der Waals surface area contributed by atoms with Gasteiger partial charge in [-0.05, 0) is 48.4 Å². The van der Waals surface area contributed by atoms with Gasteiger partial charge in [-0.2, -0.15) is 0 Å². The number of rotatable bonds is 7. The number of ether oxygens (including phenoxy) is 1. The number of anilines is 1. The summed E-state index contributed by atoms with van der Waals surface area (Å²) in [6, 6.07) is 11.9. The van der Waals surface area contributed by atoms with E-state index < -0.39 is 17.9 Å². The fraction of sp³-hybridized carbons (Fsp3) is 0.318. The maximum Gasteiger partial charge on any atom is 0.312 e. The second-order valence-corrected chi connectivity index (χ2v) is 6.99. The van der Waals surface area contributed by atoms with Crippen LogP contribution in [0.15, 0.2) is 48.5 Å². The van der Waals surface area contributed by atoms with Crippen molar-refractivity contribution in [3.63, 3.8) is 0 Å². The number of nitrogens with one attached hydrogen (secondary N) is 1. The van der Waals surface area contributed by atoms with Crippen LogP contribution in [0.5, 0.6) is 5.75 Å². The van der Waals surface area contributed by atoms with Crippen LogP contribution in [0, 0.1) is 5.82 Å². The second-order valence-electron chi connectivity index (χ2n) is 6.99. The molecule has 8 heteroatoms. The summed E-state index contributed by atoms with van der Waals surface area (Å²) in [7, 11) is 1.55. The van der Waals surface area contributed by atoms with Gasteiger partial charge in [0.25, 0.3) is 0 Å². The Morgan fingerprint density at radius 1 is 1.07 bits per heavy atom. The molecule has 1 atom stereocenters. The highest BCUT2D eigenvalue weighted by Crippen LogP contribution is 2.19. The van der Waals surface area contributed by atoms with E-state index in [4.69, 9.17) is 4.74 Å². The first kappa shape index (κ1) is 21.3. The Morgan fingerprint density at radius 2 is 1.73 bits per heavy atom. The SMILES string of the molecule is CC[C@H](C(=O)Nc1ccc(OC)cc1)N1CCN(Cc2ccc(F)cc2)C(=O)C1=O. The van der Waals surface area contributed by atoms with Gasteiger partial charge >= 0.3 is 11.8 Å². The average molecular weight is 413 g/mol. The van der Waals surface area contributed by atoms with Crippen molar-refractivity contribution in [2.24, 2.45) is 0 Å². The summed E-state index contributed by atoms with van der Waals surface area (Å²) in [4.78, 5) is 40.8. The molecule has 3 amide bonds. The van der Waals surface area contributed by atoms with Gasteiger partial charge in [0.05, 0.1) is 7.11 Å². The first-order valence-corrected chi connectivity index (χ1v) is 9.72. The van der Waals surface area contributed by atoms with Crippen LogP contribution in [0.2, 0.25) is 0 Å². The summed E-state index contributed by atoms with van der Waals surface area (Å²) in [6.45, 7) is 2.56. The van der Waals surface area contributed by atoms with Crippen LogP contribution in [-0.2, 0) is 20.9 Å². The van der Waals surface area contributed by atoms with E-state index in [1.165, 1.54) is 21.9 Å². The number of benzene rings is 2. The molecule has 1 N–H and O–H groups in total. The summed E-state index contributed by atoms with van der Waals surface area (Å²) >= 11 is 0. The van der Waals surface area contributed by atoms with Gasteiger partial charge in [0.2, 0.25) is 5.91 Å². The summed E-state index contributed by atoms with van der Waals surface area (Å²) in [5.74, 6) is -1.42. The molecule has 0 aromatic heterocycles. The minimum absolute atomic E-state index is 0.216. The molecule has 2 aromatic rings. The molecule has 1 saturated heterocycles. The van der Waals surface area contributed by atoms with Crippen LogP contribution in [0.3, 0.4) is 0 Å². The minimum Gasteiger partial charge on any atom is -0.497 e. The van der Waals surface area contributed by atoms with Crippen LogP contribution in [0.1, 0.15) is 18.9 Å². The van der Waals surface area contributed by atoms with E-state index in [0.29, 0.717) is 24.4 Å². The van der Waals surface area contributed by atoms with Gasteiger partial charge < -0.3 is 19.9 Å². The third-order valence-corrected chi connectivity index (χ3v) is 5.05. The summed E-state index contributed by atoms with van der Waals surface area (Å²) in [6.07, 6.45) is 0.374. The molecule has 1 fully saturated rings. The van der Waals surface area contributed by atoms with Crippen molar-refractivity contribution in [3.05, 3.63) is 59.9 Å². The molecular formula is C22H24FN3O4. The van der Waals surface area contributed by atoms with E-state index in [0.717, 1.165) is 5.56 Å². The lowest BCUT2D eigenvalue weighted by molar-refractivity contribution is -0.159. The van der Waals surface area contributed by atoms with Gasteiger partial charge in [0, 0.05) is 25.3 Å². The molecule has 0 bridgehead atoms. The maximum absolute atomic E-state index is 13.1. The molecule has 158 valence electrons. The smallest absolute Gasteiger partial charge is 0.312 e. The Balaban J connectivity index is 1.65. The Labute approximate surface area is 174 Å². The van der Waals surface area contributed by atoms with Crippen LogP contribution in [0.25, 0.3) is 0 Å². The minimum atomic E-state index is -0.753. The molecule has 0 spiro atoms. The summed E-state index contributed by atoms with van der Waals surface area (Å²) in [5, 5.41) is 2.78. The number of carbonyl (C=O) groups excluding carboxylic acids is 3. The van der Waals surface area contributed by atoms with E-state index in [1.54, 1.807) is 50.4 Å². The van der Waals surface area contributed by atoms with Crippen LogP contribution in [-0.4, -0.2) is 53.8 Å². The van der Waals surface area contributed by atoms with Crippen LogP contribution >= 0.6 is 0 Å². The van der Waals surface area contributed by atoms with E-state index in [2.05, 4.69) is 5.32 Å². The van der Waals surface area contributed by atoms with E-state index in [9.17, 15) is 18.8 Å². The molecule has 7 nitrogen and oxygen atoms in total. The monoisotopic (exact) mass is 413 g/mol. The lowest BCUT2D eigenvalue weighted by atomic mass is 10.1. The van der Waals surface area contributed by atoms with Crippen molar-refractivity contribution in [2.45, 2.75) is 25.9 Å². The zero-order valence-corrected chi connectivity index (χ0v) is 16.9. The lowest BCUT2D eigenvalue weighted by Crippen LogP contribution is -2.59. The number of carbonyl (C=O) groups is 3. The van der Waals surface area contributed by atoms with Crippen molar-refractivity contribution in [2.75, 3.05) is 25.5 Å². The van der Waals surface area contributed by atoms with Gasteiger partial charge in [0.1, 0.15) is 17.6 Å². The van der Waals surface area contributed by atoms with Gasteiger partial charge in [0.15, 0.2) is 0 Å². The van der Waals surface area contributed by atoms with Crippen molar-refractivity contribution in [1.82, 2.24) is 9.80 Å². The molecule has 0 radical (unpaired) electrons. The molecule has 0 saturated carbocycles. The molecule has 0 unspecified atom stereocenters. The average Bonchev–Trinajstić information content (AvgIpc) is 2.75. The van der Waals surface area contributed by atoms with Gasteiger partial charge in [-0.3, -0.25) is 14.4 Å². The zero-order valence-electron chi connectivity index (χ0n) is 16.9. The van der Waals surface area contributed by atoms with Crippen LogP contribution < -0.4 is 10.1 Å². The summed E-state index contributed by atoms with van der Waals surface area (Å²) in [5.41, 5.74) is 1.31. The molecule has 1 heterocycles. The first-order chi connectivity index (χ1) is 14.4. The Morgan fingerprint density at radius 3 is 2.33 bits per heavy atom. The number of amides is 3. The quantitative estimate of drug-likeness (QED) is 0.707. The normalized spacial score (nSPS) is 15.2. The van der Waals surface area contributed by atoms with Gasteiger partial charge in [-0.15, -0.1) is 0 Å². The van der Waals surface area contributed by atoms with E-state index in [-0.39, 0.29) is 24.8 Å². The lowest BCUT2D eigenvalue weighted by Gasteiger charge is -2.37. The molecule has 1 aliphatic rings. The topological polar surface area (TPSA) is 79.0 Å². The maximum atomic E-state index is 13.1.